The molecule has 0 spiro atoms. The van der Waals surface area contributed by atoms with E-state index in [9.17, 15) is 4.79 Å². The number of nitrogens with zero attached hydrogens (tertiary/aromatic N) is 4. The lowest BCUT2D eigenvalue weighted by atomic mass is 10.0. The van der Waals surface area contributed by atoms with Gasteiger partial charge in [0.1, 0.15) is 0 Å². The lowest BCUT2D eigenvalue weighted by Gasteiger charge is -2.30. The molecule has 2 N–H and O–H groups in total. The van der Waals surface area contributed by atoms with Crippen molar-refractivity contribution < 1.29 is 19.0 Å². The summed E-state index contributed by atoms with van der Waals surface area (Å²) >= 11 is 0. The molecule has 1 aliphatic heterocycles. The third-order valence-corrected chi connectivity index (χ3v) is 5.48. The lowest BCUT2D eigenvalue weighted by Crippen LogP contribution is -2.43. The van der Waals surface area contributed by atoms with E-state index in [0.717, 1.165) is 25.1 Å². The Balaban J connectivity index is 1.81. The van der Waals surface area contributed by atoms with Crippen LogP contribution in [0.15, 0.2) is 42.5 Å². The molecule has 4 rings (SSSR count). The first kappa shape index (κ1) is 21.6. The second-order valence-electron chi connectivity index (χ2n) is 7.59. The molecule has 2 heterocycles. The van der Waals surface area contributed by atoms with E-state index in [4.69, 9.17) is 19.9 Å². The fraction of sp³-hybridized carbons (Fsp3) is 0.348. The summed E-state index contributed by atoms with van der Waals surface area (Å²) in [5, 5.41) is 9.24. The highest BCUT2D eigenvalue weighted by Gasteiger charge is 2.29. The summed E-state index contributed by atoms with van der Waals surface area (Å²) in [6.07, 6.45) is 1.87. The predicted octanol–water partition coefficient (Wildman–Crippen LogP) is 2.45. The maximum absolute atomic E-state index is 13.6. The van der Waals surface area contributed by atoms with E-state index >= 15 is 0 Å². The molecule has 1 atom stereocenters. The van der Waals surface area contributed by atoms with Gasteiger partial charge in [0.25, 0.3) is 0 Å². The minimum absolute atomic E-state index is 0.0229. The maximum Gasteiger partial charge on any atom is 0.217 e. The molecule has 0 amide bonds. The average molecular weight is 438 g/mol. The number of methoxy groups -OCH3 is 3. The van der Waals surface area contributed by atoms with Crippen molar-refractivity contribution in [3.63, 3.8) is 0 Å². The Morgan fingerprint density at radius 3 is 2.31 bits per heavy atom. The van der Waals surface area contributed by atoms with Gasteiger partial charge < -0.3 is 24.8 Å². The summed E-state index contributed by atoms with van der Waals surface area (Å²) in [6.45, 7) is 1.37. The third-order valence-electron chi connectivity index (χ3n) is 5.48. The van der Waals surface area contributed by atoms with Crippen molar-refractivity contribution in [2.75, 3.05) is 39.3 Å². The minimum atomic E-state index is -0.291. The van der Waals surface area contributed by atoms with E-state index in [1.807, 2.05) is 35.2 Å². The fourth-order valence-electron chi connectivity index (χ4n) is 3.89. The van der Waals surface area contributed by atoms with Crippen molar-refractivity contribution in [3.8, 4) is 22.9 Å². The molecule has 9 heteroatoms. The standard InChI is InChI=1S/C23H27N5O4/c1-30-18-12-15(13-19(31-2)22(18)32-3)21(29)20-23(27-11-7-8-16(24)14-27)26-28(25-20)17-9-5-4-6-10-17/h4-6,9-10,12-13,16H,7-8,11,14,24H2,1-3H3/t16-/m1/s1. The van der Waals surface area contributed by atoms with Crippen LogP contribution in [-0.2, 0) is 0 Å². The van der Waals surface area contributed by atoms with Gasteiger partial charge in [-0.25, -0.2) is 0 Å². The Hall–Kier alpha value is -3.59. The largest absolute Gasteiger partial charge is 0.493 e. The third kappa shape index (κ3) is 4.11. The molecule has 32 heavy (non-hydrogen) atoms. The second kappa shape index (κ2) is 9.27. The van der Waals surface area contributed by atoms with Gasteiger partial charge in [0, 0.05) is 24.7 Å². The number of hydrogen-bond donors (Lipinski definition) is 1. The first-order chi connectivity index (χ1) is 15.5. The van der Waals surface area contributed by atoms with Crippen LogP contribution >= 0.6 is 0 Å². The summed E-state index contributed by atoms with van der Waals surface area (Å²) < 4.78 is 16.2. The molecule has 0 bridgehead atoms. The van der Waals surface area contributed by atoms with Gasteiger partial charge >= 0.3 is 0 Å². The minimum Gasteiger partial charge on any atom is -0.493 e. The number of anilines is 1. The molecule has 3 aromatic rings. The first-order valence-corrected chi connectivity index (χ1v) is 10.4. The molecule has 1 saturated heterocycles. The van der Waals surface area contributed by atoms with Gasteiger partial charge in [-0.15, -0.1) is 15.0 Å². The van der Waals surface area contributed by atoms with Crippen molar-refractivity contribution >= 4 is 11.6 Å². The zero-order valence-electron chi connectivity index (χ0n) is 18.4. The number of ketones is 1. The van der Waals surface area contributed by atoms with E-state index in [-0.39, 0.29) is 17.5 Å². The summed E-state index contributed by atoms with van der Waals surface area (Å²) in [7, 11) is 4.54. The zero-order valence-corrected chi connectivity index (χ0v) is 18.4. The Labute approximate surface area is 186 Å². The van der Waals surface area contributed by atoms with Crippen LogP contribution in [0.4, 0.5) is 5.82 Å². The van der Waals surface area contributed by atoms with E-state index in [2.05, 4.69) is 10.2 Å². The molecule has 2 aromatic carbocycles. The van der Waals surface area contributed by atoms with Crippen LogP contribution in [0.3, 0.4) is 0 Å². The van der Waals surface area contributed by atoms with Gasteiger partial charge in [0.2, 0.25) is 11.5 Å². The molecule has 168 valence electrons. The number of hydrogen-bond acceptors (Lipinski definition) is 8. The number of ether oxygens (including phenoxy) is 3. The molecule has 9 nitrogen and oxygen atoms in total. The quantitative estimate of drug-likeness (QED) is 0.562. The van der Waals surface area contributed by atoms with Crippen LogP contribution in [0.1, 0.15) is 28.9 Å². The molecule has 1 aromatic heterocycles. The molecule has 0 saturated carbocycles. The summed E-state index contributed by atoms with van der Waals surface area (Å²) in [4.78, 5) is 17.2. The highest BCUT2D eigenvalue weighted by molar-refractivity contribution is 6.11. The van der Waals surface area contributed by atoms with Crippen molar-refractivity contribution in [1.29, 1.82) is 0 Å². The number of nitrogens with two attached hydrogens (primary N) is 1. The molecule has 0 unspecified atom stereocenters. The topological polar surface area (TPSA) is 105 Å². The van der Waals surface area contributed by atoms with Gasteiger partial charge in [-0.05, 0) is 37.1 Å². The van der Waals surface area contributed by atoms with Crippen molar-refractivity contribution in [1.82, 2.24) is 15.0 Å². The molecule has 1 fully saturated rings. The van der Waals surface area contributed by atoms with Crippen LogP contribution in [-0.4, -0.2) is 61.2 Å². The SMILES string of the molecule is COc1cc(C(=O)c2nn(-c3ccccc3)nc2N2CCC[C@@H](N)C2)cc(OC)c1OC. The molecule has 1 aliphatic rings. The highest BCUT2D eigenvalue weighted by Crippen LogP contribution is 2.39. The predicted molar refractivity (Wildman–Crippen MR) is 120 cm³/mol. The van der Waals surface area contributed by atoms with Crippen LogP contribution in [0.5, 0.6) is 17.2 Å². The summed E-state index contributed by atoms with van der Waals surface area (Å²) in [6, 6.07) is 12.8. The van der Waals surface area contributed by atoms with E-state index in [0.29, 0.717) is 35.2 Å². The van der Waals surface area contributed by atoms with Gasteiger partial charge in [0.15, 0.2) is 23.0 Å². The van der Waals surface area contributed by atoms with Crippen molar-refractivity contribution in [2.24, 2.45) is 5.73 Å². The van der Waals surface area contributed by atoms with E-state index < -0.39 is 0 Å². The van der Waals surface area contributed by atoms with Crippen molar-refractivity contribution in [2.45, 2.75) is 18.9 Å². The van der Waals surface area contributed by atoms with Gasteiger partial charge in [-0.1, -0.05) is 18.2 Å². The number of aromatic nitrogens is 3. The molecular formula is C23H27N5O4. The highest BCUT2D eigenvalue weighted by atomic mass is 16.5. The Morgan fingerprint density at radius 2 is 1.72 bits per heavy atom. The Kier molecular flexibility index (Phi) is 6.27. The van der Waals surface area contributed by atoms with Crippen LogP contribution < -0.4 is 24.8 Å². The molecular weight excluding hydrogens is 410 g/mol. The average Bonchev–Trinajstić information content (AvgIpc) is 3.28. The Morgan fingerprint density at radius 1 is 1.03 bits per heavy atom. The first-order valence-electron chi connectivity index (χ1n) is 10.4. The molecule has 0 aliphatic carbocycles. The number of carbonyl (C=O) groups excluding carboxylic acids is 1. The number of carbonyl (C=O) groups is 1. The number of rotatable bonds is 7. The summed E-state index contributed by atoms with van der Waals surface area (Å²) in [5.74, 6) is 1.43. The number of para-hydroxylation sites is 1. The smallest absolute Gasteiger partial charge is 0.217 e. The monoisotopic (exact) mass is 437 g/mol. The van der Waals surface area contributed by atoms with E-state index in [1.54, 1.807) is 12.1 Å². The Bertz CT molecular complexity index is 1070. The summed E-state index contributed by atoms with van der Waals surface area (Å²) in [5.41, 5.74) is 7.57. The second-order valence-corrected chi connectivity index (χ2v) is 7.59. The van der Waals surface area contributed by atoms with Crippen LogP contribution in [0.25, 0.3) is 5.69 Å². The normalized spacial score (nSPS) is 16.0. The molecule has 0 radical (unpaired) electrons. The van der Waals surface area contributed by atoms with Crippen molar-refractivity contribution in [3.05, 3.63) is 53.7 Å². The lowest BCUT2D eigenvalue weighted by molar-refractivity contribution is 0.103. The maximum atomic E-state index is 13.6. The zero-order chi connectivity index (χ0) is 22.7. The van der Waals surface area contributed by atoms with Gasteiger partial charge in [0.05, 0.1) is 27.0 Å². The van der Waals surface area contributed by atoms with Gasteiger partial charge in [-0.2, -0.15) is 0 Å². The number of piperidine rings is 1. The van der Waals surface area contributed by atoms with Crippen LogP contribution in [0, 0.1) is 0 Å². The van der Waals surface area contributed by atoms with E-state index in [1.165, 1.54) is 26.1 Å². The van der Waals surface area contributed by atoms with Crippen LogP contribution in [0.2, 0.25) is 0 Å². The number of benzene rings is 2. The fourth-order valence-corrected chi connectivity index (χ4v) is 3.89. The van der Waals surface area contributed by atoms with Gasteiger partial charge in [-0.3, -0.25) is 4.79 Å².